The van der Waals surface area contributed by atoms with Crippen molar-refractivity contribution in [2.24, 2.45) is 0 Å². The molecule has 0 amide bonds. The predicted octanol–water partition coefficient (Wildman–Crippen LogP) is 17.9. The van der Waals surface area contributed by atoms with Gasteiger partial charge in [-0.3, -0.25) is 9.59 Å². The number of benzene rings is 1. The SMILES string of the molecule is CCCCCCCCOc1c(OCCCCCCCC)c(-c2ccc(C=O)s2)c2nc(-c3ccc(CCCCCC)s3)c(-c3ccc(CCCCCC)s3)nc2c1-c1ccc(C=O)s1. The summed E-state index contributed by atoms with van der Waals surface area (Å²) in [4.78, 5) is 44.0. The Bertz CT molecular complexity index is 2170. The summed E-state index contributed by atoms with van der Waals surface area (Å²) in [5.74, 6) is 1.28. The fourth-order valence-electron chi connectivity index (χ4n) is 8.25. The van der Waals surface area contributed by atoms with E-state index in [0.29, 0.717) is 45.5 Å². The first-order chi connectivity index (χ1) is 31.5. The minimum atomic E-state index is 0.522. The van der Waals surface area contributed by atoms with Gasteiger partial charge in [0.05, 0.1) is 43.8 Å². The molecule has 6 nitrogen and oxygen atoms in total. The van der Waals surface area contributed by atoms with E-state index >= 15 is 0 Å². The highest BCUT2D eigenvalue weighted by atomic mass is 32.1. The highest BCUT2D eigenvalue weighted by molar-refractivity contribution is 7.18. The molecule has 0 saturated heterocycles. The fourth-order valence-corrected chi connectivity index (χ4v) is 12.1. The third kappa shape index (κ3) is 13.7. The Balaban J connectivity index is 1.60. The zero-order valence-electron chi connectivity index (χ0n) is 38.9. The Kier molecular flexibility index (Phi) is 21.0. The lowest BCUT2D eigenvalue weighted by Gasteiger charge is -2.22. The second-order valence-corrected chi connectivity index (χ2v) is 21.6. The molecule has 0 aliphatic carbocycles. The molecule has 0 unspecified atom stereocenters. The van der Waals surface area contributed by atoms with E-state index in [-0.39, 0.29) is 0 Å². The van der Waals surface area contributed by atoms with Crippen LogP contribution in [-0.2, 0) is 12.8 Å². The van der Waals surface area contributed by atoms with Crippen molar-refractivity contribution in [3.8, 4) is 53.5 Å². The Morgan fingerprint density at radius 1 is 0.422 bits per heavy atom. The molecule has 0 N–H and O–H groups in total. The molecule has 0 radical (unpaired) electrons. The van der Waals surface area contributed by atoms with Crippen molar-refractivity contribution < 1.29 is 19.1 Å². The van der Waals surface area contributed by atoms with Crippen LogP contribution < -0.4 is 9.47 Å². The van der Waals surface area contributed by atoms with E-state index in [0.717, 1.165) is 93.1 Å². The van der Waals surface area contributed by atoms with Crippen LogP contribution >= 0.6 is 45.3 Å². The molecule has 0 spiro atoms. The number of carbonyl (C=O) groups is 2. The van der Waals surface area contributed by atoms with Crippen LogP contribution in [-0.4, -0.2) is 35.8 Å². The van der Waals surface area contributed by atoms with Gasteiger partial charge < -0.3 is 9.47 Å². The van der Waals surface area contributed by atoms with Gasteiger partial charge in [-0.05, 0) is 87.1 Å². The summed E-state index contributed by atoms with van der Waals surface area (Å²) in [6.07, 6.45) is 27.4. The van der Waals surface area contributed by atoms with E-state index in [9.17, 15) is 9.59 Å². The van der Waals surface area contributed by atoms with E-state index in [2.05, 4.69) is 52.0 Å². The predicted molar refractivity (Wildman–Crippen MR) is 277 cm³/mol. The normalized spacial score (nSPS) is 11.5. The van der Waals surface area contributed by atoms with Gasteiger partial charge in [-0.25, -0.2) is 9.97 Å². The highest BCUT2D eigenvalue weighted by Crippen LogP contribution is 2.54. The topological polar surface area (TPSA) is 78.4 Å². The second-order valence-electron chi connectivity index (χ2n) is 17.1. The summed E-state index contributed by atoms with van der Waals surface area (Å²) in [7, 11) is 0. The molecule has 344 valence electrons. The van der Waals surface area contributed by atoms with Gasteiger partial charge in [-0.2, -0.15) is 0 Å². The smallest absolute Gasteiger partial charge is 0.172 e. The maximum absolute atomic E-state index is 12.3. The number of rotatable bonds is 32. The number of ether oxygens (including phenoxy) is 2. The second kappa shape index (κ2) is 27.1. The third-order valence-corrected chi connectivity index (χ3v) is 16.2. The minimum absolute atomic E-state index is 0.522. The first kappa shape index (κ1) is 49.7. The van der Waals surface area contributed by atoms with Crippen LogP contribution in [0.3, 0.4) is 0 Å². The molecule has 0 aliphatic heterocycles. The van der Waals surface area contributed by atoms with Crippen LogP contribution in [0.1, 0.15) is 185 Å². The van der Waals surface area contributed by atoms with E-state index in [4.69, 9.17) is 19.4 Å². The molecule has 0 bridgehead atoms. The lowest BCUT2D eigenvalue weighted by molar-refractivity contribution is 0.111. The van der Waals surface area contributed by atoms with Crippen molar-refractivity contribution in [1.29, 1.82) is 0 Å². The van der Waals surface area contributed by atoms with Crippen LogP contribution in [0.2, 0.25) is 0 Å². The quantitative estimate of drug-likeness (QED) is 0.0310. The fraction of sp³-hybridized carbons (Fsp3) is 0.519. The zero-order valence-corrected chi connectivity index (χ0v) is 42.2. The molecule has 0 saturated carbocycles. The summed E-state index contributed by atoms with van der Waals surface area (Å²) in [5.41, 5.74) is 4.78. The van der Waals surface area contributed by atoms with Crippen molar-refractivity contribution in [2.75, 3.05) is 13.2 Å². The molecule has 5 aromatic heterocycles. The average molecular weight is 939 g/mol. The van der Waals surface area contributed by atoms with Crippen LogP contribution in [0, 0.1) is 0 Å². The Morgan fingerprint density at radius 2 is 0.781 bits per heavy atom. The number of hydrogen-bond donors (Lipinski definition) is 0. The first-order valence-corrected chi connectivity index (χ1v) is 27.8. The summed E-state index contributed by atoms with van der Waals surface area (Å²) >= 11 is 6.54. The molecule has 6 aromatic rings. The van der Waals surface area contributed by atoms with Gasteiger partial charge in [0.1, 0.15) is 22.4 Å². The molecule has 1 aromatic carbocycles. The molecule has 5 heterocycles. The summed E-state index contributed by atoms with van der Waals surface area (Å²) in [6.45, 7) is 10.1. The van der Waals surface area contributed by atoms with E-state index in [1.165, 1.54) is 135 Å². The summed E-state index contributed by atoms with van der Waals surface area (Å²) < 4.78 is 14.1. The third-order valence-electron chi connectivity index (χ3n) is 11.8. The van der Waals surface area contributed by atoms with Gasteiger partial charge in [0.25, 0.3) is 0 Å². The average Bonchev–Trinajstić information content (AvgIpc) is 4.17. The number of thiophene rings is 4. The number of hydrogen-bond acceptors (Lipinski definition) is 10. The van der Waals surface area contributed by atoms with Gasteiger partial charge in [0.2, 0.25) is 0 Å². The lowest BCUT2D eigenvalue weighted by atomic mass is 10.0. The van der Waals surface area contributed by atoms with E-state index in [1.807, 2.05) is 46.9 Å². The van der Waals surface area contributed by atoms with Crippen LogP contribution in [0.4, 0.5) is 0 Å². The minimum Gasteiger partial charge on any atom is -0.489 e. The highest BCUT2D eigenvalue weighted by Gasteiger charge is 2.30. The Morgan fingerprint density at radius 3 is 1.16 bits per heavy atom. The Hall–Kier alpha value is -3.70. The van der Waals surface area contributed by atoms with Crippen LogP contribution in [0.5, 0.6) is 11.5 Å². The van der Waals surface area contributed by atoms with Crippen molar-refractivity contribution in [2.45, 2.75) is 169 Å². The first-order valence-electron chi connectivity index (χ1n) is 24.5. The lowest BCUT2D eigenvalue weighted by Crippen LogP contribution is -2.08. The largest absolute Gasteiger partial charge is 0.489 e. The molecule has 0 atom stereocenters. The number of carbonyl (C=O) groups excluding carboxylic acids is 2. The molecule has 0 aliphatic rings. The number of aldehydes is 2. The molecule has 64 heavy (non-hydrogen) atoms. The van der Waals surface area contributed by atoms with Gasteiger partial charge in [-0.15, -0.1) is 45.3 Å². The molecular weight excluding hydrogens is 869 g/mol. The number of fused-ring (bicyclic) bond motifs is 1. The van der Waals surface area contributed by atoms with Gasteiger partial charge in [0, 0.05) is 19.5 Å². The van der Waals surface area contributed by atoms with Crippen molar-refractivity contribution in [3.05, 3.63) is 68.0 Å². The number of aromatic nitrogens is 2. The zero-order chi connectivity index (χ0) is 44.9. The van der Waals surface area contributed by atoms with Gasteiger partial charge in [-0.1, -0.05) is 130 Å². The maximum atomic E-state index is 12.3. The molecule has 10 heteroatoms. The van der Waals surface area contributed by atoms with Crippen molar-refractivity contribution >= 4 is 69.0 Å². The maximum Gasteiger partial charge on any atom is 0.172 e. The molecule has 6 rings (SSSR count). The van der Waals surface area contributed by atoms with E-state index < -0.39 is 0 Å². The standard InChI is InChI=1S/C54H70N2O4S4/c1-5-9-13-17-19-23-35-59-53-47(43-31-29-41(37-57)63-43)51-52(48(44-32-30-42(38-58)64-44)54(53)60-36-24-20-18-14-10-6-2)56-50(46-34-28-40(62-46)26-22-16-12-8-4)49(55-51)45-33-27-39(61-45)25-21-15-11-7-3/h27-34,37-38H,5-26,35-36H2,1-4H3. The van der Waals surface area contributed by atoms with E-state index in [1.54, 1.807) is 0 Å². The molecule has 0 fully saturated rings. The van der Waals surface area contributed by atoms with Crippen LogP contribution in [0.25, 0.3) is 53.1 Å². The van der Waals surface area contributed by atoms with Crippen molar-refractivity contribution in [3.63, 3.8) is 0 Å². The van der Waals surface area contributed by atoms with Crippen LogP contribution in [0.15, 0.2) is 48.5 Å². The summed E-state index contributed by atoms with van der Waals surface area (Å²) in [6, 6.07) is 16.8. The van der Waals surface area contributed by atoms with Gasteiger partial charge >= 0.3 is 0 Å². The number of nitrogens with zero attached hydrogens (tertiary/aromatic N) is 2. The summed E-state index contributed by atoms with van der Waals surface area (Å²) in [5, 5.41) is 0. The number of unbranched alkanes of at least 4 members (excludes halogenated alkanes) is 16. The molecular formula is C54H70N2O4S4. The van der Waals surface area contributed by atoms with Gasteiger partial charge in [0.15, 0.2) is 24.1 Å². The Labute approximate surface area is 399 Å². The van der Waals surface area contributed by atoms with Crippen molar-refractivity contribution in [1.82, 2.24) is 9.97 Å². The number of aryl methyl sites for hydroxylation is 2. The monoisotopic (exact) mass is 938 g/mol.